The van der Waals surface area contributed by atoms with E-state index < -0.39 is 6.61 Å². The fraction of sp³-hybridized carbons (Fsp3) is 0.500. The van der Waals surface area contributed by atoms with Crippen molar-refractivity contribution in [3.8, 4) is 5.75 Å². The van der Waals surface area contributed by atoms with Crippen molar-refractivity contribution in [3.63, 3.8) is 0 Å². The maximum atomic E-state index is 12.6. The van der Waals surface area contributed by atoms with Crippen molar-refractivity contribution in [1.29, 1.82) is 0 Å². The molecule has 0 amide bonds. The number of aromatic nitrogens is 1. The standard InChI is InChI=1S/C18H22F2N2O3/c1-12-7-15(25-21-12)8-14-10-22(11-17(14)23-2)9-13-5-3-4-6-16(13)24-18(19)20/h3-7,14,17-18H,8-11H2,1-2H3/t14-,17+/m1/s1. The zero-order valence-electron chi connectivity index (χ0n) is 14.3. The van der Waals surface area contributed by atoms with E-state index in [1.54, 1.807) is 19.2 Å². The molecule has 2 heterocycles. The monoisotopic (exact) mass is 352 g/mol. The number of nitrogens with zero attached hydrogens (tertiary/aromatic N) is 2. The summed E-state index contributed by atoms with van der Waals surface area (Å²) in [7, 11) is 1.70. The number of halogens is 2. The van der Waals surface area contributed by atoms with Gasteiger partial charge in [-0.25, -0.2) is 0 Å². The molecule has 25 heavy (non-hydrogen) atoms. The molecule has 0 saturated carbocycles. The number of benzene rings is 1. The van der Waals surface area contributed by atoms with Crippen molar-refractivity contribution in [3.05, 3.63) is 47.3 Å². The Kier molecular flexibility index (Phi) is 5.65. The molecule has 0 bridgehead atoms. The quantitative estimate of drug-likeness (QED) is 0.765. The Morgan fingerprint density at radius 1 is 1.32 bits per heavy atom. The van der Waals surface area contributed by atoms with Gasteiger partial charge >= 0.3 is 6.61 Å². The maximum Gasteiger partial charge on any atom is 0.387 e. The van der Waals surface area contributed by atoms with Gasteiger partial charge in [-0.05, 0) is 13.0 Å². The Morgan fingerprint density at radius 2 is 2.12 bits per heavy atom. The molecule has 3 rings (SSSR count). The molecule has 1 aliphatic rings. The van der Waals surface area contributed by atoms with Gasteiger partial charge < -0.3 is 14.0 Å². The van der Waals surface area contributed by atoms with Crippen LogP contribution in [-0.2, 0) is 17.7 Å². The Morgan fingerprint density at radius 3 is 2.80 bits per heavy atom. The predicted molar refractivity (Wildman–Crippen MR) is 87.6 cm³/mol. The fourth-order valence-electron chi connectivity index (χ4n) is 3.38. The van der Waals surface area contributed by atoms with Crippen LogP contribution < -0.4 is 4.74 Å². The first-order valence-electron chi connectivity index (χ1n) is 8.25. The molecule has 0 N–H and O–H groups in total. The van der Waals surface area contributed by atoms with E-state index >= 15 is 0 Å². The molecular weight excluding hydrogens is 330 g/mol. The van der Waals surface area contributed by atoms with Crippen molar-refractivity contribution < 1.29 is 22.8 Å². The van der Waals surface area contributed by atoms with Crippen molar-refractivity contribution in [2.24, 2.45) is 5.92 Å². The van der Waals surface area contributed by atoms with Gasteiger partial charge in [0.15, 0.2) is 0 Å². The number of para-hydroxylation sites is 1. The first-order chi connectivity index (χ1) is 12.0. The molecule has 1 fully saturated rings. The molecule has 136 valence electrons. The van der Waals surface area contributed by atoms with Gasteiger partial charge in [-0.1, -0.05) is 23.4 Å². The van der Waals surface area contributed by atoms with Crippen LogP contribution in [0.5, 0.6) is 5.75 Å². The number of rotatable bonds is 7. The third-order valence-corrected chi connectivity index (χ3v) is 4.48. The molecule has 1 aromatic carbocycles. The summed E-state index contributed by atoms with van der Waals surface area (Å²) in [6, 6.07) is 8.83. The molecule has 1 aliphatic heterocycles. The average molecular weight is 352 g/mol. The van der Waals surface area contributed by atoms with Crippen LogP contribution in [0.25, 0.3) is 0 Å². The van der Waals surface area contributed by atoms with Gasteiger partial charge in [-0.15, -0.1) is 0 Å². The number of hydrogen-bond donors (Lipinski definition) is 0. The highest BCUT2D eigenvalue weighted by molar-refractivity contribution is 5.33. The summed E-state index contributed by atoms with van der Waals surface area (Å²) in [5.41, 5.74) is 1.60. The molecule has 2 atom stereocenters. The van der Waals surface area contributed by atoms with Gasteiger partial charge in [0.1, 0.15) is 11.5 Å². The van der Waals surface area contributed by atoms with Crippen molar-refractivity contribution in [1.82, 2.24) is 10.1 Å². The minimum absolute atomic E-state index is 0.0635. The van der Waals surface area contributed by atoms with Crippen LogP contribution in [0.15, 0.2) is 34.9 Å². The van der Waals surface area contributed by atoms with Gasteiger partial charge in [-0.2, -0.15) is 8.78 Å². The highest BCUT2D eigenvalue weighted by Crippen LogP contribution is 2.28. The predicted octanol–water partition coefficient (Wildman–Crippen LogP) is 3.27. The SMILES string of the molecule is CO[C@H]1CN(Cc2ccccc2OC(F)F)C[C@H]1Cc1cc(C)no1. The lowest BCUT2D eigenvalue weighted by Crippen LogP contribution is -2.23. The zero-order valence-corrected chi connectivity index (χ0v) is 14.3. The molecule has 7 heteroatoms. The number of aryl methyl sites for hydroxylation is 1. The molecule has 2 aromatic rings. The average Bonchev–Trinajstić information content (AvgIpc) is 3.15. The molecule has 1 aromatic heterocycles. The number of hydrogen-bond acceptors (Lipinski definition) is 5. The van der Waals surface area contributed by atoms with E-state index in [0.717, 1.165) is 36.5 Å². The maximum absolute atomic E-state index is 12.6. The Labute approximate surface area is 145 Å². The lowest BCUT2D eigenvalue weighted by atomic mass is 10.0. The minimum atomic E-state index is -2.83. The molecule has 0 spiro atoms. The van der Waals surface area contributed by atoms with E-state index in [9.17, 15) is 8.78 Å². The van der Waals surface area contributed by atoms with E-state index in [1.807, 2.05) is 25.1 Å². The first kappa shape index (κ1) is 17.8. The van der Waals surface area contributed by atoms with Crippen LogP contribution >= 0.6 is 0 Å². The third kappa shape index (κ3) is 4.55. The fourth-order valence-corrected chi connectivity index (χ4v) is 3.38. The van der Waals surface area contributed by atoms with E-state index in [-0.39, 0.29) is 17.8 Å². The van der Waals surface area contributed by atoms with Crippen LogP contribution in [0, 0.1) is 12.8 Å². The summed E-state index contributed by atoms with van der Waals surface area (Å²) in [6.45, 7) is 1.13. The number of methoxy groups -OCH3 is 1. The largest absolute Gasteiger partial charge is 0.434 e. The second-order valence-electron chi connectivity index (χ2n) is 6.35. The van der Waals surface area contributed by atoms with Crippen molar-refractivity contribution in [2.75, 3.05) is 20.2 Å². The highest BCUT2D eigenvalue weighted by Gasteiger charge is 2.34. The third-order valence-electron chi connectivity index (χ3n) is 4.48. The smallest absolute Gasteiger partial charge is 0.387 e. The molecule has 0 radical (unpaired) electrons. The normalized spacial score (nSPS) is 21.2. The van der Waals surface area contributed by atoms with Crippen LogP contribution in [-0.4, -0.2) is 43.0 Å². The van der Waals surface area contributed by atoms with Gasteiger partial charge in [-0.3, -0.25) is 4.90 Å². The summed E-state index contributed by atoms with van der Waals surface area (Å²) in [5.74, 6) is 1.33. The van der Waals surface area contributed by atoms with Crippen LogP contribution in [0.2, 0.25) is 0 Å². The number of ether oxygens (including phenoxy) is 2. The Balaban J connectivity index is 1.66. The summed E-state index contributed by atoms with van der Waals surface area (Å²) < 4.78 is 40.7. The molecular formula is C18H22F2N2O3. The van der Waals surface area contributed by atoms with Gasteiger partial charge in [0.2, 0.25) is 0 Å². The van der Waals surface area contributed by atoms with Crippen LogP contribution in [0.4, 0.5) is 8.78 Å². The second kappa shape index (κ2) is 7.93. The lowest BCUT2D eigenvalue weighted by Gasteiger charge is -2.18. The Hall–Kier alpha value is -1.99. The highest BCUT2D eigenvalue weighted by atomic mass is 19.3. The summed E-state index contributed by atoms with van der Waals surface area (Å²) in [5, 5.41) is 3.92. The number of likely N-dealkylation sites (tertiary alicyclic amines) is 1. The first-order valence-corrected chi connectivity index (χ1v) is 8.25. The minimum Gasteiger partial charge on any atom is -0.434 e. The molecule has 0 unspecified atom stereocenters. The van der Waals surface area contributed by atoms with E-state index in [4.69, 9.17) is 9.26 Å². The Bertz CT molecular complexity index is 692. The number of alkyl halides is 2. The van der Waals surface area contributed by atoms with E-state index in [1.165, 1.54) is 0 Å². The van der Waals surface area contributed by atoms with Gasteiger partial charge in [0, 0.05) is 50.7 Å². The topological polar surface area (TPSA) is 47.7 Å². The molecule has 1 saturated heterocycles. The molecule has 5 nitrogen and oxygen atoms in total. The van der Waals surface area contributed by atoms with Gasteiger partial charge in [0.25, 0.3) is 0 Å². The van der Waals surface area contributed by atoms with E-state index in [0.29, 0.717) is 6.54 Å². The summed E-state index contributed by atoms with van der Waals surface area (Å²) in [4.78, 5) is 2.19. The second-order valence-corrected chi connectivity index (χ2v) is 6.35. The van der Waals surface area contributed by atoms with Crippen molar-refractivity contribution in [2.45, 2.75) is 32.6 Å². The molecule has 0 aliphatic carbocycles. The summed E-state index contributed by atoms with van der Waals surface area (Å²) in [6.07, 6.45) is 0.805. The summed E-state index contributed by atoms with van der Waals surface area (Å²) >= 11 is 0. The zero-order chi connectivity index (χ0) is 17.8. The van der Waals surface area contributed by atoms with Crippen LogP contribution in [0.1, 0.15) is 17.0 Å². The lowest BCUT2D eigenvalue weighted by molar-refractivity contribution is -0.0507. The van der Waals surface area contributed by atoms with Gasteiger partial charge in [0.05, 0.1) is 11.8 Å². The van der Waals surface area contributed by atoms with E-state index in [2.05, 4.69) is 14.8 Å². The van der Waals surface area contributed by atoms with Crippen LogP contribution in [0.3, 0.4) is 0 Å². The van der Waals surface area contributed by atoms with Crippen molar-refractivity contribution >= 4 is 0 Å².